The molecule has 142 valence electrons. The van der Waals surface area contributed by atoms with Crippen molar-refractivity contribution in [2.75, 3.05) is 23.7 Å². The minimum Gasteiger partial charge on any atom is -0.369 e. The number of aryl methyl sites for hydroxylation is 1. The molecule has 8 heteroatoms. The zero-order valence-corrected chi connectivity index (χ0v) is 15.3. The lowest BCUT2D eigenvalue weighted by Gasteiger charge is -2.44. The number of aromatic nitrogens is 1. The number of pyridine rings is 1. The summed E-state index contributed by atoms with van der Waals surface area (Å²) in [6.07, 6.45) is 0.929. The maximum absolute atomic E-state index is 12.9. The number of hydrogen-bond donors (Lipinski definition) is 3. The minimum atomic E-state index is -0.747. The summed E-state index contributed by atoms with van der Waals surface area (Å²) in [4.78, 5) is 41.5. The number of benzene rings is 1. The van der Waals surface area contributed by atoms with E-state index in [4.69, 9.17) is 5.26 Å². The van der Waals surface area contributed by atoms with Crippen LogP contribution in [0.4, 0.5) is 11.4 Å². The normalized spacial score (nSPS) is 17.3. The summed E-state index contributed by atoms with van der Waals surface area (Å²) in [7, 11) is 0. The Hall–Kier alpha value is -3.60. The molecule has 28 heavy (non-hydrogen) atoms. The summed E-state index contributed by atoms with van der Waals surface area (Å²) >= 11 is 0. The second-order valence-corrected chi connectivity index (χ2v) is 7.16. The quantitative estimate of drug-likeness (QED) is 0.698. The van der Waals surface area contributed by atoms with Crippen LogP contribution in [-0.4, -0.2) is 40.3 Å². The number of anilines is 2. The molecule has 1 aromatic carbocycles. The molecule has 2 aliphatic rings. The molecular weight excluding hydrogens is 358 g/mol. The Morgan fingerprint density at radius 3 is 2.54 bits per heavy atom. The number of carbonyl (C=O) groups is 2. The number of likely N-dealkylation sites (tertiary alicyclic amines) is 1. The average molecular weight is 377 g/mol. The number of nitrogens with zero attached hydrogens (tertiary/aromatic N) is 2. The predicted molar refractivity (Wildman–Crippen MR) is 103 cm³/mol. The Kier molecular flexibility index (Phi) is 4.15. The molecule has 4 rings (SSSR count). The Morgan fingerprint density at radius 2 is 1.86 bits per heavy atom. The van der Waals surface area contributed by atoms with E-state index in [1.165, 1.54) is 6.07 Å². The number of amides is 2. The van der Waals surface area contributed by atoms with Gasteiger partial charge in [-0.2, -0.15) is 5.26 Å². The highest BCUT2D eigenvalue weighted by Gasteiger charge is 2.45. The first-order valence-corrected chi connectivity index (χ1v) is 9.05. The third-order valence-corrected chi connectivity index (χ3v) is 5.48. The number of aromatic amines is 1. The Balaban J connectivity index is 1.54. The fourth-order valence-electron chi connectivity index (χ4n) is 3.80. The lowest BCUT2D eigenvalue weighted by Crippen LogP contribution is -2.59. The fourth-order valence-corrected chi connectivity index (χ4v) is 3.80. The zero-order chi connectivity index (χ0) is 19.9. The lowest BCUT2D eigenvalue weighted by molar-refractivity contribution is -0.122. The van der Waals surface area contributed by atoms with Crippen LogP contribution in [0.25, 0.3) is 0 Å². The molecule has 3 N–H and O–H groups in total. The van der Waals surface area contributed by atoms with Crippen LogP contribution in [0, 0.1) is 18.3 Å². The highest BCUT2D eigenvalue weighted by molar-refractivity contribution is 6.06. The third-order valence-electron chi connectivity index (χ3n) is 5.48. The molecule has 1 fully saturated rings. The van der Waals surface area contributed by atoms with E-state index in [1.807, 2.05) is 24.3 Å². The van der Waals surface area contributed by atoms with Crippen molar-refractivity contribution in [3.05, 3.63) is 57.5 Å². The molecular formula is C20H19N5O3. The second-order valence-electron chi connectivity index (χ2n) is 7.16. The van der Waals surface area contributed by atoms with Crippen LogP contribution < -0.4 is 16.2 Å². The van der Waals surface area contributed by atoms with Gasteiger partial charge in [0.15, 0.2) is 0 Å². The van der Waals surface area contributed by atoms with Gasteiger partial charge in [0.25, 0.3) is 11.5 Å². The molecule has 0 atom stereocenters. The van der Waals surface area contributed by atoms with Crippen LogP contribution in [0.5, 0.6) is 0 Å². The van der Waals surface area contributed by atoms with E-state index in [0.29, 0.717) is 37.2 Å². The van der Waals surface area contributed by atoms with Gasteiger partial charge < -0.3 is 20.5 Å². The van der Waals surface area contributed by atoms with E-state index in [1.54, 1.807) is 17.9 Å². The molecule has 2 aliphatic heterocycles. The standard InChI is InChI=1S/C20H19N5O3/c1-12-14(10-13(11-21)17(26)22-12)18(27)25-8-6-20(7-9-25)19(28)23-15-4-2-3-5-16(15)24-20/h2-5,10,24H,6-9H2,1H3,(H,22,26)(H,23,28). The minimum absolute atomic E-state index is 0.0904. The highest BCUT2D eigenvalue weighted by atomic mass is 16.2. The summed E-state index contributed by atoms with van der Waals surface area (Å²) in [6.45, 7) is 2.41. The maximum atomic E-state index is 12.9. The molecule has 0 radical (unpaired) electrons. The maximum Gasteiger partial charge on any atom is 0.266 e. The van der Waals surface area contributed by atoms with Gasteiger partial charge in [-0.25, -0.2) is 0 Å². The highest BCUT2D eigenvalue weighted by Crippen LogP contribution is 2.36. The molecule has 3 heterocycles. The van der Waals surface area contributed by atoms with Crippen molar-refractivity contribution in [1.29, 1.82) is 5.26 Å². The average Bonchev–Trinajstić information content (AvgIpc) is 2.69. The Labute approximate surface area is 161 Å². The van der Waals surface area contributed by atoms with Gasteiger partial charge >= 0.3 is 0 Å². The van der Waals surface area contributed by atoms with Crippen molar-refractivity contribution in [3.8, 4) is 6.07 Å². The number of piperidine rings is 1. The monoisotopic (exact) mass is 377 g/mol. The van der Waals surface area contributed by atoms with E-state index in [9.17, 15) is 14.4 Å². The van der Waals surface area contributed by atoms with Gasteiger partial charge in [0.05, 0.1) is 16.9 Å². The Bertz CT molecular complexity index is 1070. The summed E-state index contributed by atoms with van der Waals surface area (Å²) in [5, 5.41) is 15.4. The van der Waals surface area contributed by atoms with Crippen LogP contribution in [0.3, 0.4) is 0 Å². The van der Waals surface area contributed by atoms with Crippen molar-refractivity contribution < 1.29 is 9.59 Å². The Morgan fingerprint density at radius 1 is 1.18 bits per heavy atom. The molecule has 2 amide bonds. The van der Waals surface area contributed by atoms with Crippen molar-refractivity contribution in [2.24, 2.45) is 0 Å². The van der Waals surface area contributed by atoms with Crippen molar-refractivity contribution in [2.45, 2.75) is 25.3 Å². The number of fused-ring (bicyclic) bond motifs is 1. The van der Waals surface area contributed by atoms with E-state index < -0.39 is 11.1 Å². The number of rotatable bonds is 1. The van der Waals surface area contributed by atoms with Crippen molar-refractivity contribution >= 4 is 23.2 Å². The molecule has 8 nitrogen and oxygen atoms in total. The number of hydrogen-bond acceptors (Lipinski definition) is 5. The van der Waals surface area contributed by atoms with E-state index in [0.717, 1.165) is 11.4 Å². The molecule has 1 spiro atoms. The van der Waals surface area contributed by atoms with Crippen LogP contribution >= 0.6 is 0 Å². The van der Waals surface area contributed by atoms with E-state index >= 15 is 0 Å². The summed E-state index contributed by atoms with van der Waals surface area (Å²) < 4.78 is 0. The van der Waals surface area contributed by atoms with Crippen LogP contribution in [0.2, 0.25) is 0 Å². The third kappa shape index (κ3) is 2.81. The van der Waals surface area contributed by atoms with E-state index in [2.05, 4.69) is 15.6 Å². The summed E-state index contributed by atoms with van der Waals surface area (Å²) in [5.74, 6) is -0.345. The topological polar surface area (TPSA) is 118 Å². The van der Waals surface area contributed by atoms with Gasteiger partial charge in [-0.3, -0.25) is 14.4 Å². The number of nitrogens with one attached hydrogen (secondary N) is 3. The molecule has 0 bridgehead atoms. The molecule has 0 unspecified atom stereocenters. The largest absolute Gasteiger partial charge is 0.369 e. The van der Waals surface area contributed by atoms with Crippen LogP contribution in [-0.2, 0) is 4.79 Å². The van der Waals surface area contributed by atoms with Gasteiger partial charge in [-0.15, -0.1) is 0 Å². The van der Waals surface area contributed by atoms with E-state index in [-0.39, 0.29) is 17.4 Å². The molecule has 2 aromatic rings. The van der Waals surface area contributed by atoms with Gasteiger partial charge in [-0.1, -0.05) is 12.1 Å². The van der Waals surface area contributed by atoms with Gasteiger partial charge in [0, 0.05) is 18.8 Å². The molecule has 0 saturated carbocycles. The SMILES string of the molecule is Cc1[nH]c(=O)c(C#N)cc1C(=O)N1CCC2(CC1)Nc1ccccc1NC2=O. The number of carbonyl (C=O) groups excluding carboxylic acids is 2. The van der Waals surface area contributed by atoms with Crippen LogP contribution in [0.15, 0.2) is 35.1 Å². The molecule has 0 aliphatic carbocycles. The lowest BCUT2D eigenvalue weighted by atomic mass is 9.84. The smallest absolute Gasteiger partial charge is 0.266 e. The zero-order valence-electron chi connectivity index (χ0n) is 15.3. The number of H-pyrrole nitrogens is 1. The first-order chi connectivity index (χ1) is 13.4. The van der Waals surface area contributed by atoms with Gasteiger partial charge in [-0.05, 0) is 38.0 Å². The van der Waals surface area contributed by atoms with Crippen molar-refractivity contribution in [3.63, 3.8) is 0 Å². The number of nitriles is 1. The predicted octanol–water partition coefficient (Wildman–Crippen LogP) is 1.59. The number of para-hydroxylation sites is 2. The first-order valence-electron chi connectivity index (χ1n) is 9.05. The summed E-state index contributed by atoms with van der Waals surface area (Å²) in [5.41, 5.74) is 1.02. The first kappa shape index (κ1) is 17.8. The van der Waals surface area contributed by atoms with Gasteiger partial charge in [0.1, 0.15) is 17.2 Å². The molecule has 1 saturated heterocycles. The second kappa shape index (κ2) is 6.53. The fraction of sp³-hybridized carbons (Fsp3) is 0.300. The van der Waals surface area contributed by atoms with Crippen LogP contribution in [0.1, 0.15) is 34.5 Å². The molecule has 1 aromatic heterocycles. The van der Waals surface area contributed by atoms with Crippen molar-refractivity contribution in [1.82, 2.24) is 9.88 Å². The van der Waals surface area contributed by atoms with Gasteiger partial charge in [0.2, 0.25) is 5.91 Å². The summed E-state index contributed by atoms with van der Waals surface area (Å²) in [6, 6.07) is 10.7.